The van der Waals surface area contributed by atoms with Crippen molar-refractivity contribution in [1.82, 2.24) is 4.98 Å². The number of primary amides is 1. The quantitative estimate of drug-likeness (QED) is 0.776. The standard InChI is InChI=1S/C8H7ClF2N2O/c1-3-2-4(7(10)11)6(9)13-5(3)8(12)14/h2,7H,1H3,(H2,12,14). The summed E-state index contributed by atoms with van der Waals surface area (Å²) in [6.45, 7) is 1.47. The number of hydrogen-bond acceptors (Lipinski definition) is 2. The third-order valence-electron chi connectivity index (χ3n) is 1.66. The number of rotatable bonds is 2. The van der Waals surface area contributed by atoms with Crippen LogP contribution in [0, 0.1) is 6.92 Å². The maximum atomic E-state index is 12.3. The molecule has 0 unspecified atom stereocenters. The van der Waals surface area contributed by atoms with Crippen molar-refractivity contribution in [2.24, 2.45) is 5.73 Å². The van der Waals surface area contributed by atoms with E-state index in [-0.39, 0.29) is 16.4 Å². The van der Waals surface area contributed by atoms with E-state index in [0.29, 0.717) is 0 Å². The van der Waals surface area contributed by atoms with Gasteiger partial charge in [0.05, 0.1) is 5.56 Å². The summed E-state index contributed by atoms with van der Waals surface area (Å²) in [4.78, 5) is 14.3. The number of aryl methyl sites for hydroxylation is 1. The van der Waals surface area contributed by atoms with Gasteiger partial charge in [-0.2, -0.15) is 0 Å². The largest absolute Gasteiger partial charge is 0.364 e. The van der Waals surface area contributed by atoms with Crippen molar-refractivity contribution in [2.45, 2.75) is 13.3 Å². The fraction of sp³-hybridized carbons (Fsp3) is 0.250. The summed E-state index contributed by atoms with van der Waals surface area (Å²) < 4.78 is 24.6. The van der Waals surface area contributed by atoms with Crippen molar-refractivity contribution >= 4 is 17.5 Å². The number of pyridine rings is 1. The van der Waals surface area contributed by atoms with E-state index in [1.54, 1.807) is 0 Å². The van der Waals surface area contributed by atoms with Crippen molar-refractivity contribution < 1.29 is 13.6 Å². The van der Waals surface area contributed by atoms with E-state index < -0.39 is 17.9 Å². The molecule has 0 atom stereocenters. The second-order valence-electron chi connectivity index (χ2n) is 2.70. The van der Waals surface area contributed by atoms with Crippen molar-refractivity contribution in [1.29, 1.82) is 0 Å². The zero-order valence-electron chi connectivity index (χ0n) is 7.22. The van der Waals surface area contributed by atoms with Crippen LogP contribution >= 0.6 is 11.6 Å². The van der Waals surface area contributed by atoms with Gasteiger partial charge in [-0.3, -0.25) is 4.79 Å². The van der Waals surface area contributed by atoms with Crippen LogP contribution in [0.4, 0.5) is 8.78 Å². The third-order valence-corrected chi connectivity index (χ3v) is 1.96. The summed E-state index contributed by atoms with van der Waals surface area (Å²) in [5.41, 5.74) is 4.77. The van der Waals surface area contributed by atoms with Crippen LogP contribution < -0.4 is 5.73 Å². The van der Waals surface area contributed by atoms with E-state index in [0.717, 1.165) is 6.07 Å². The van der Waals surface area contributed by atoms with E-state index in [9.17, 15) is 13.6 Å². The molecular weight excluding hydrogens is 214 g/mol. The van der Waals surface area contributed by atoms with Crippen LogP contribution in [0.15, 0.2) is 6.07 Å². The zero-order valence-corrected chi connectivity index (χ0v) is 7.98. The molecule has 0 aromatic carbocycles. The van der Waals surface area contributed by atoms with Crippen LogP contribution in [-0.4, -0.2) is 10.9 Å². The minimum atomic E-state index is -2.71. The van der Waals surface area contributed by atoms with Gasteiger partial charge in [-0.05, 0) is 18.6 Å². The number of carbonyl (C=O) groups excluding carboxylic acids is 1. The number of amides is 1. The Kier molecular flexibility index (Phi) is 3.00. The molecule has 1 amide bonds. The molecule has 1 aromatic rings. The van der Waals surface area contributed by atoms with Gasteiger partial charge in [0.25, 0.3) is 12.3 Å². The van der Waals surface area contributed by atoms with Gasteiger partial charge in [0.2, 0.25) is 0 Å². The lowest BCUT2D eigenvalue weighted by molar-refractivity contribution is 0.0994. The molecule has 76 valence electrons. The number of hydrogen-bond donors (Lipinski definition) is 1. The maximum Gasteiger partial charge on any atom is 0.267 e. The van der Waals surface area contributed by atoms with Crippen molar-refractivity contribution in [2.75, 3.05) is 0 Å². The number of nitrogens with zero attached hydrogens (tertiary/aromatic N) is 1. The van der Waals surface area contributed by atoms with Gasteiger partial charge in [0.15, 0.2) is 0 Å². The van der Waals surface area contributed by atoms with E-state index in [2.05, 4.69) is 4.98 Å². The fourth-order valence-electron chi connectivity index (χ4n) is 1.01. The number of carbonyl (C=O) groups is 1. The summed E-state index contributed by atoms with van der Waals surface area (Å²) in [6, 6.07) is 1.11. The predicted octanol–water partition coefficient (Wildman–Crippen LogP) is 2.08. The zero-order chi connectivity index (χ0) is 10.9. The number of alkyl halides is 2. The predicted molar refractivity (Wildman–Crippen MR) is 47.5 cm³/mol. The highest BCUT2D eigenvalue weighted by atomic mass is 35.5. The van der Waals surface area contributed by atoms with Crippen LogP contribution in [0.5, 0.6) is 0 Å². The minimum Gasteiger partial charge on any atom is -0.364 e. The lowest BCUT2D eigenvalue weighted by atomic mass is 10.1. The molecule has 0 fully saturated rings. The second kappa shape index (κ2) is 3.88. The first-order valence-corrected chi connectivity index (χ1v) is 4.06. The van der Waals surface area contributed by atoms with E-state index in [1.165, 1.54) is 6.92 Å². The summed E-state index contributed by atoms with van der Waals surface area (Å²) in [5, 5.41) is -0.389. The summed E-state index contributed by atoms with van der Waals surface area (Å²) in [6.07, 6.45) is -2.71. The molecular formula is C8H7ClF2N2O. The third kappa shape index (κ3) is 1.98. The van der Waals surface area contributed by atoms with Crippen LogP contribution in [0.25, 0.3) is 0 Å². The average molecular weight is 221 g/mol. The molecule has 2 N–H and O–H groups in total. The highest BCUT2D eigenvalue weighted by molar-refractivity contribution is 6.30. The molecule has 0 saturated carbocycles. The summed E-state index contributed by atoms with van der Waals surface area (Å²) >= 11 is 5.44. The fourth-order valence-corrected chi connectivity index (χ4v) is 1.24. The normalized spacial score (nSPS) is 10.6. The van der Waals surface area contributed by atoms with Crippen molar-refractivity contribution in [3.05, 3.63) is 28.0 Å². The van der Waals surface area contributed by atoms with E-state index in [1.807, 2.05) is 0 Å². The highest BCUT2D eigenvalue weighted by Crippen LogP contribution is 2.27. The minimum absolute atomic E-state index is 0.0839. The van der Waals surface area contributed by atoms with Gasteiger partial charge < -0.3 is 5.73 Å². The summed E-state index contributed by atoms with van der Waals surface area (Å²) in [7, 11) is 0. The summed E-state index contributed by atoms with van der Waals surface area (Å²) in [5.74, 6) is -0.787. The maximum absolute atomic E-state index is 12.3. The first kappa shape index (κ1) is 10.8. The first-order valence-electron chi connectivity index (χ1n) is 3.68. The number of halogens is 3. The lowest BCUT2D eigenvalue weighted by Gasteiger charge is -2.06. The first-order chi connectivity index (χ1) is 6.43. The van der Waals surface area contributed by atoms with Gasteiger partial charge in [-0.25, -0.2) is 13.8 Å². The topological polar surface area (TPSA) is 56.0 Å². The van der Waals surface area contributed by atoms with Crippen LogP contribution in [-0.2, 0) is 0 Å². The molecule has 0 spiro atoms. The molecule has 0 aliphatic carbocycles. The molecule has 0 aliphatic heterocycles. The van der Waals surface area contributed by atoms with Gasteiger partial charge in [0.1, 0.15) is 10.8 Å². The lowest BCUT2D eigenvalue weighted by Crippen LogP contribution is -2.15. The van der Waals surface area contributed by atoms with Gasteiger partial charge in [0, 0.05) is 0 Å². The molecule has 1 rings (SSSR count). The van der Waals surface area contributed by atoms with Crippen molar-refractivity contribution in [3.63, 3.8) is 0 Å². The highest BCUT2D eigenvalue weighted by Gasteiger charge is 2.17. The Morgan fingerprint density at radius 1 is 1.64 bits per heavy atom. The van der Waals surface area contributed by atoms with Gasteiger partial charge in [-0.1, -0.05) is 11.6 Å². The Labute approximate surface area is 83.9 Å². The second-order valence-corrected chi connectivity index (χ2v) is 3.06. The molecule has 3 nitrogen and oxygen atoms in total. The SMILES string of the molecule is Cc1cc(C(F)F)c(Cl)nc1C(N)=O. The monoisotopic (exact) mass is 220 g/mol. The van der Waals surface area contributed by atoms with Crippen LogP contribution in [0.2, 0.25) is 5.15 Å². The molecule has 0 bridgehead atoms. The smallest absolute Gasteiger partial charge is 0.267 e. The Morgan fingerprint density at radius 3 is 2.64 bits per heavy atom. The Bertz CT molecular complexity index is 382. The Morgan fingerprint density at radius 2 is 2.21 bits per heavy atom. The number of nitrogens with two attached hydrogens (primary N) is 1. The molecule has 0 saturated heterocycles. The molecule has 1 heterocycles. The van der Waals surface area contributed by atoms with Crippen molar-refractivity contribution in [3.8, 4) is 0 Å². The molecule has 0 radical (unpaired) electrons. The van der Waals surface area contributed by atoms with Gasteiger partial charge in [-0.15, -0.1) is 0 Å². The van der Waals surface area contributed by atoms with Crippen LogP contribution in [0.3, 0.4) is 0 Å². The average Bonchev–Trinajstić information content (AvgIpc) is 2.07. The Hall–Kier alpha value is -1.23. The van der Waals surface area contributed by atoms with Crippen LogP contribution in [0.1, 0.15) is 28.0 Å². The Balaban J connectivity index is 3.31. The van der Waals surface area contributed by atoms with E-state index >= 15 is 0 Å². The van der Waals surface area contributed by atoms with E-state index in [4.69, 9.17) is 17.3 Å². The molecule has 0 aliphatic rings. The molecule has 14 heavy (non-hydrogen) atoms. The van der Waals surface area contributed by atoms with Gasteiger partial charge >= 0.3 is 0 Å². The molecule has 6 heteroatoms. The number of aromatic nitrogens is 1. The molecule has 1 aromatic heterocycles.